The van der Waals surface area contributed by atoms with E-state index >= 15 is 0 Å². The molecule has 4 nitrogen and oxygen atoms in total. The maximum atomic E-state index is 12.0. The number of hydrogen-bond acceptors (Lipinski definition) is 3. The standard InChI is InChI=1S/C12H22N2O2/c1-16-9-8-14(11-4-5-11)12(15)6-7-13-10-2-3-10/h10-11,13H,2-9H2,1H3. The van der Waals surface area contributed by atoms with Crippen molar-refractivity contribution in [2.75, 3.05) is 26.8 Å². The highest BCUT2D eigenvalue weighted by Crippen LogP contribution is 2.27. The third-order valence-corrected chi connectivity index (χ3v) is 3.19. The second-order valence-corrected chi connectivity index (χ2v) is 4.79. The fourth-order valence-corrected chi connectivity index (χ4v) is 1.90. The summed E-state index contributed by atoms with van der Waals surface area (Å²) in [6.45, 7) is 2.24. The number of amides is 1. The fraction of sp³-hybridized carbons (Fsp3) is 0.917. The molecule has 2 rings (SSSR count). The SMILES string of the molecule is COCCN(C(=O)CCNC1CC1)C1CC1. The Morgan fingerprint density at radius 3 is 2.69 bits per heavy atom. The molecular weight excluding hydrogens is 204 g/mol. The van der Waals surface area contributed by atoms with Crippen LogP contribution in [0.5, 0.6) is 0 Å². The highest BCUT2D eigenvalue weighted by Gasteiger charge is 2.32. The lowest BCUT2D eigenvalue weighted by atomic mass is 10.3. The molecule has 4 heteroatoms. The lowest BCUT2D eigenvalue weighted by Gasteiger charge is -2.22. The number of methoxy groups -OCH3 is 1. The van der Waals surface area contributed by atoms with E-state index in [1.807, 2.05) is 4.90 Å². The second kappa shape index (κ2) is 5.64. The number of carbonyl (C=O) groups is 1. The zero-order valence-electron chi connectivity index (χ0n) is 10.1. The van der Waals surface area contributed by atoms with Crippen molar-refractivity contribution >= 4 is 5.91 Å². The van der Waals surface area contributed by atoms with Gasteiger partial charge in [-0.1, -0.05) is 0 Å². The number of rotatable bonds is 8. The van der Waals surface area contributed by atoms with Crippen LogP contribution in [0.25, 0.3) is 0 Å². The predicted octanol–water partition coefficient (Wildman–Crippen LogP) is 0.766. The first kappa shape index (κ1) is 11.9. The normalized spacial score (nSPS) is 19.8. The predicted molar refractivity (Wildman–Crippen MR) is 62.3 cm³/mol. The lowest BCUT2D eigenvalue weighted by molar-refractivity contribution is -0.132. The Morgan fingerprint density at radius 2 is 2.12 bits per heavy atom. The van der Waals surface area contributed by atoms with Gasteiger partial charge in [0, 0.05) is 38.7 Å². The highest BCUT2D eigenvalue weighted by atomic mass is 16.5. The summed E-state index contributed by atoms with van der Waals surface area (Å²) in [4.78, 5) is 14.0. The highest BCUT2D eigenvalue weighted by molar-refractivity contribution is 5.77. The summed E-state index contributed by atoms with van der Waals surface area (Å²) in [5.41, 5.74) is 0. The van der Waals surface area contributed by atoms with Gasteiger partial charge in [-0.05, 0) is 25.7 Å². The van der Waals surface area contributed by atoms with E-state index in [1.54, 1.807) is 7.11 Å². The van der Waals surface area contributed by atoms with Crippen molar-refractivity contribution < 1.29 is 9.53 Å². The number of nitrogens with zero attached hydrogens (tertiary/aromatic N) is 1. The molecular formula is C12H22N2O2. The van der Waals surface area contributed by atoms with Gasteiger partial charge in [0.2, 0.25) is 5.91 Å². The number of hydrogen-bond donors (Lipinski definition) is 1. The van der Waals surface area contributed by atoms with Crippen LogP contribution in [-0.2, 0) is 9.53 Å². The quantitative estimate of drug-likeness (QED) is 0.664. The molecule has 2 aliphatic carbocycles. The van der Waals surface area contributed by atoms with Gasteiger partial charge in [0.1, 0.15) is 0 Å². The molecule has 1 amide bonds. The largest absolute Gasteiger partial charge is 0.383 e. The van der Waals surface area contributed by atoms with E-state index in [0.717, 1.165) is 13.1 Å². The molecule has 0 saturated heterocycles. The molecule has 2 fully saturated rings. The summed E-state index contributed by atoms with van der Waals surface area (Å²) >= 11 is 0. The number of carbonyl (C=O) groups excluding carboxylic acids is 1. The molecule has 0 atom stereocenters. The summed E-state index contributed by atoms with van der Waals surface area (Å²) in [6.07, 6.45) is 5.54. The van der Waals surface area contributed by atoms with Crippen LogP contribution >= 0.6 is 0 Å². The van der Waals surface area contributed by atoms with Gasteiger partial charge in [0.25, 0.3) is 0 Å². The molecule has 2 aliphatic rings. The first-order valence-corrected chi connectivity index (χ1v) is 6.33. The van der Waals surface area contributed by atoms with Gasteiger partial charge in [-0.3, -0.25) is 4.79 Å². The van der Waals surface area contributed by atoms with Gasteiger partial charge in [0.05, 0.1) is 6.61 Å². The molecule has 92 valence electrons. The Labute approximate surface area is 97.3 Å². The van der Waals surface area contributed by atoms with Gasteiger partial charge >= 0.3 is 0 Å². The minimum Gasteiger partial charge on any atom is -0.383 e. The van der Waals surface area contributed by atoms with Gasteiger partial charge in [0.15, 0.2) is 0 Å². The molecule has 0 aromatic heterocycles. The van der Waals surface area contributed by atoms with Crippen LogP contribution in [0, 0.1) is 0 Å². The average Bonchev–Trinajstić information content (AvgIpc) is 3.13. The van der Waals surface area contributed by atoms with Gasteiger partial charge in [-0.25, -0.2) is 0 Å². The molecule has 1 N–H and O–H groups in total. The Morgan fingerprint density at radius 1 is 1.38 bits per heavy atom. The molecule has 16 heavy (non-hydrogen) atoms. The smallest absolute Gasteiger partial charge is 0.224 e. The third-order valence-electron chi connectivity index (χ3n) is 3.19. The van der Waals surface area contributed by atoms with Crippen LogP contribution in [0.15, 0.2) is 0 Å². The van der Waals surface area contributed by atoms with Crippen molar-refractivity contribution in [1.29, 1.82) is 0 Å². The van der Waals surface area contributed by atoms with Crippen LogP contribution in [0.2, 0.25) is 0 Å². The number of nitrogens with one attached hydrogen (secondary N) is 1. The van der Waals surface area contributed by atoms with Crippen molar-refractivity contribution in [3.05, 3.63) is 0 Å². The second-order valence-electron chi connectivity index (χ2n) is 4.79. The Hall–Kier alpha value is -0.610. The topological polar surface area (TPSA) is 41.6 Å². The molecule has 0 spiro atoms. The van der Waals surface area contributed by atoms with E-state index in [1.165, 1.54) is 25.7 Å². The molecule has 2 saturated carbocycles. The van der Waals surface area contributed by atoms with Crippen LogP contribution < -0.4 is 5.32 Å². The maximum Gasteiger partial charge on any atom is 0.224 e. The summed E-state index contributed by atoms with van der Waals surface area (Å²) in [5, 5.41) is 3.38. The van der Waals surface area contributed by atoms with Gasteiger partial charge in [-0.2, -0.15) is 0 Å². The summed E-state index contributed by atoms with van der Waals surface area (Å²) < 4.78 is 5.04. The van der Waals surface area contributed by atoms with Crippen molar-refractivity contribution in [2.45, 2.75) is 44.2 Å². The summed E-state index contributed by atoms with van der Waals surface area (Å²) in [5.74, 6) is 0.285. The average molecular weight is 226 g/mol. The van der Waals surface area contributed by atoms with E-state index in [9.17, 15) is 4.79 Å². The molecule has 0 bridgehead atoms. The summed E-state index contributed by atoms with van der Waals surface area (Å²) in [7, 11) is 1.68. The first-order chi connectivity index (χ1) is 7.81. The maximum absolute atomic E-state index is 12.0. The minimum absolute atomic E-state index is 0.285. The van der Waals surface area contributed by atoms with Crippen LogP contribution in [0.4, 0.5) is 0 Å². The van der Waals surface area contributed by atoms with E-state index < -0.39 is 0 Å². The van der Waals surface area contributed by atoms with Crippen molar-refractivity contribution in [2.24, 2.45) is 0 Å². The van der Waals surface area contributed by atoms with Gasteiger partial charge < -0.3 is 15.0 Å². The molecule has 0 unspecified atom stereocenters. The molecule has 0 aliphatic heterocycles. The molecule has 0 aromatic carbocycles. The van der Waals surface area contributed by atoms with Crippen LogP contribution in [-0.4, -0.2) is 49.7 Å². The first-order valence-electron chi connectivity index (χ1n) is 6.33. The van der Waals surface area contributed by atoms with E-state index in [2.05, 4.69) is 5.32 Å². The van der Waals surface area contributed by atoms with Crippen LogP contribution in [0.1, 0.15) is 32.1 Å². The zero-order valence-corrected chi connectivity index (χ0v) is 10.1. The molecule has 0 aromatic rings. The van der Waals surface area contributed by atoms with Gasteiger partial charge in [-0.15, -0.1) is 0 Å². The molecule has 0 radical (unpaired) electrons. The van der Waals surface area contributed by atoms with E-state index in [4.69, 9.17) is 4.74 Å². The van der Waals surface area contributed by atoms with E-state index in [-0.39, 0.29) is 5.91 Å². The Kier molecular flexibility index (Phi) is 4.18. The van der Waals surface area contributed by atoms with Crippen molar-refractivity contribution in [3.63, 3.8) is 0 Å². The zero-order chi connectivity index (χ0) is 11.4. The Bertz CT molecular complexity index is 237. The minimum atomic E-state index is 0.285. The summed E-state index contributed by atoms with van der Waals surface area (Å²) in [6, 6.07) is 1.20. The third kappa shape index (κ3) is 3.76. The number of ether oxygens (including phenoxy) is 1. The van der Waals surface area contributed by atoms with Crippen molar-refractivity contribution in [3.8, 4) is 0 Å². The van der Waals surface area contributed by atoms with E-state index in [0.29, 0.717) is 25.1 Å². The monoisotopic (exact) mass is 226 g/mol. The fourth-order valence-electron chi connectivity index (χ4n) is 1.90. The lowest BCUT2D eigenvalue weighted by Crippen LogP contribution is -2.37. The van der Waals surface area contributed by atoms with Crippen molar-refractivity contribution in [1.82, 2.24) is 10.2 Å². The Balaban J connectivity index is 1.65. The van der Waals surface area contributed by atoms with Crippen LogP contribution in [0.3, 0.4) is 0 Å². The molecule has 0 heterocycles.